The van der Waals surface area contributed by atoms with Crippen molar-refractivity contribution in [2.24, 2.45) is 5.92 Å². The summed E-state index contributed by atoms with van der Waals surface area (Å²) < 4.78 is 28.9. The molecule has 0 bridgehead atoms. The molecule has 0 aliphatic heterocycles. The first-order valence-electron chi connectivity index (χ1n) is 12.3. The average molecular weight is 553 g/mol. The van der Waals surface area contributed by atoms with Crippen LogP contribution in [-0.2, 0) is 17.9 Å². The van der Waals surface area contributed by atoms with Crippen molar-refractivity contribution in [2.45, 2.75) is 33.9 Å². The van der Waals surface area contributed by atoms with E-state index < -0.39 is 23.4 Å². The molecule has 0 spiro atoms. The van der Waals surface area contributed by atoms with Crippen LogP contribution in [0.15, 0.2) is 60.7 Å². The number of fused-ring (bicyclic) bond motifs is 1. The van der Waals surface area contributed by atoms with Crippen LogP contribution in [0.4, 0.5) is 20.2 Å². The minimum atomic E-state index is -0.798. The molecule has 7 nitrogen and oxygen atoms in total. The van der Waals surface area contributed by atoms with Gasteiger partial charge in [-0.3, -0.25) is 14.4 Å². The topological polar surface area (TPSA) is 92.2 Å². The number of carbonyl (C=O) groups is 3. The summed E-state index contributed by atoms with van der Waals surface area (Å²) in [4.78, 5) is 37.9. The molecular weight excluding hydrogens is 526 g/mol. The molecule has 0 unspecified atom stereocenters. The average Bonchev–Trinajstić information content (AvgIpc) is 3.25. The fourth-order valence-electron chi connectivity index (χ4n) is 4.15. The van der Waals surface area contributed by atoms with Crippen molar-refractivity contribution >= 4 is 51.6 Å². The second-order valence-corrected chi connectivity index (χ2v) is 9.71. The van der Waals surface area contributed by atoms with E-state index in [4.69, 9.17) is 11.6 Å². The van der Waals surface area contributed by atoms with Crippen molar-refractivity contribution in [3.05, 3.63) is 94.1 Å². The fourth-order valence-corrected chi connectivity index (χ4v) is 4.35. The van der Waals surface area contributed by atoms with Crippen molar-refractivity contribution in [3.63, 3.8) is 0 Å². The van der Waals surface area contributed by atoms with Gasteiger partial charge in [-0.2, -0.15) is 0 Å². The highest BCUT2D eigenvalue weighted by Gasteiger charge is 2.18. The summed E-state index contributed by atoms with van der Waals surface area (Å²) in [5.41, 5.74) is 2.49. The van der Waals surface area contributed by atoms with Gasteiger partial charge in [-0.25, -0.2) is 8.78 Å². The number of aromatic nitrogens is 1. The summed E-state index contributed by atoms with van der Waals surface area (Å²) >= 11 is 6.29. The number of nitrogens with one attached hydrogen (secondary N) is 3. The van der Waals surface area contributed by atoms with E-state index in [1.165, 1.54) is 0 Å². The molecule has 1 heterocycles. The predicted molar refractivity (Wildman–Crippen MR) is 148 cm³/mol. The molecule has 0 aliphatic carbocycles. The molecule has 4 rings (SSSR count). The SMILES string of the molecule is CCn1c(C(=O)Nc2cc(F)cc(F)c2)cc2cc(NC(=O)c3cc(CNC(=O)C(C)C)ccc3Cl)ccc21. The molecule has 39 heavy (non-hydrogen) atoms. The Morgan fingerprint density at radius 3 is 2.23 bits per heavy atom. The highest BCUT2D eigenvalue weighted by Crippen LogP contribution is 2.26. The normalized spacial score (nSPS) is 11.1. The van der Waals surface area contributed by atoms with E-state index in [0.717, 1.165) is 29.3 Å². The smallest absolute Gasteiger partial charge is 0.272 e. The highest BCUT2D eigenvalue weighted by atomic mass is 35.5. The van der Waals surface area contributed by atoms with Crippen LogP contribution < -0.4 is 16.0 Å². The van der Waals surface area contributed by atoms with Crippen molar-refractivity contribution in [1.82, 2.24) is 9.88 Å². The molecule has 202 valence electrons. The second kappa shape index (κ2) is 11.7. The van der Waals surface area contributed by atoms with Gasteiger partial charge in [0.05, 0.1) is 10.6 Å². The first-order chi connectivity index (χ1) is 18.5. The number of benzene rings is 3. The van der Waals surface area contributed by atoms with Crippen LogP contribution in [0.1, 0.15) is 47.2 Å². The third-order valence-corrected chi connectivity index (χ3v) is 6.42. The highest BCUT2D eigenvalue weighted by molar-refractivity contribution is 6.34. The van der Waals surface area contributed by atoms with Crippen LogP contribution in [0.3, 0.4) is 0 Å². The van der Waals surface area contributed by atoms with Crippen LogP contribution in [0, 0.1) is 17.6 Å². The number of halogens is 3. The first-order valence-corrected chi connectivity index (χ1v) is 12.7. The van der Waals surface area contributed by atoms with Gasteiger partial charge in [0.1, 0.15) is 17.3 Å². The van der Waals surface area contributed by atoms with Crippen LogP contribution >= 0.6 is 11.6 Å². The molecule has 0 fully saturated rings. The Kier molecular flexibility index (Phi) is 8.30. The lowest BCUT2D eigenvalue weighted by molar-refractivity contribution is -0.124. The zero-order valence-corrected chi connectivity index (χ0v) is 22.3. The molecule has 4 aromatic rings. The third-order valence-electron chi connectivity index (χ3n) is 6.10. The standard InChI is InChI=1S/C29H27ClF2N4O3/c1-4-36-25-8-6-21(10-18(25)11-26(36)29(39)35-22-13-19(31)12-20(32)14-22)34-28(38)23-9-17(5-7-24(23)30)15-33-27(37)16(2)3/h5-14,16H,4,15H2,1-3H3,(H,33,37)(H,34,38)(H,35,39). The molecule has 0 saturated heterocycles. The lowest BCUT2D eigenvalue weighted by Crippen LogP contribution is -2.27. The van der Waals surface area contributed by atoms with Crippen molar-refractivity contribution < 1.29 is 23.2 Å². The Morgan fingerprint density at radius 1 is 0.872 bits per heavy atom. The minimum Gasteiger partial charge on any atom is -0.352 e. The van der Waals surface area contributed by atoms with Gasteiger partial charge < -0.3 is 20.5 Å². The number of amides is 3. The largest absolute Gasteiger partial charge is 0.352 e. The van der Waals surface area contributed by atoms with Crippen LogP contribution in [0.25, 0.3) is 10.9 Å². The minimum absolute atomic E-state index is 0.00115. The fraction of sp³-hybridized carbons (Fsp3) is 0.207. The van der Waals surface area contributed by atoms with Crippen molar-refractivity contribution in [1.29, 1.82) is 0 Å². The quantitative estimate of drug-likeness (QED) is 0.237. The maximum atomic E-state index is 13.6. The van der Waals surface area contributed by atoms with E-state index in [2.05, 4.69) is 16.0 Å². The van der Waals surface area contributed by atoms with Gasteiger partial charge in [-0.15, -0.1) is 0 Å². The van der Waals surface area contributed by atoms with Gasteiger partial charge in [0.25, 0.3) is 11.8 Å². The summed E-state index contributed by atoms with van der Waals surface area (Å²) in [7, 11) is 0. The molecule has 0 aliphatic rings. The summed E-state index contributed by atoms with van der Waals surface area (Å²) in [5, 5.41) is 9.11. The van der Waals surface area contributed by atoms with E-state index in [1.54, 1.807) is 60.9 Å². The molecule has 10 heteroatoms. The van der Waals surface area contributed by atoms with E-state index in [0.29, 0.717) is 23.3 Å². The lowest BCUT2D eigenvalue weighted by atomic mass is 10.1. The Bertz CT molecular complexity index is 1560. The zero-order valence-electron chi connectivity index (χ0n) is 21.6. The Balaban J connectivity index is 1.55. The maximum absolute atomic E-state index is 13.6. The van der Waals surface area contributed by atoms with E-state index in [1.807, 2.05) is 6.92 Å². The number of carbonyl (C=O) groups excluding carboxylic acids is 3. The summed E-state index contributed by atoms with van der Waals surface area (Å²) in [6.07, 6.45) is 0. The van der Waals surface area contributed by atoms with Crippen LogP contribution in [0.2, 0.25) is 5.02 Å². The van der Waals surface area contributed by atoms with Gasteiger partial charge in [0.2, 0.25) is 5.91 Å². The number of hydrogen-bond donors (Lipinski definition) is 3. The molecule has 0 saturated carbocycles. The summed E-state index contributed by atoms with van der Waals surface area (Å²) in [6, 6.07) is 14.6. The van der Waals surface area contributed by atoms with Gasteiger partial charge >= 0.3 is 0 Å². The molecule has 1 aromatic heterocycles. The Morgan fingerprint density at radius 2 is 1.56 bits per heavy atom. The molecule has 0 radical (unpaired) electrons. The summed E-state index contributed by atoms with van der Waals surface area (Å²) in [5.74, 6) is -2.82. The lowest BCUT2D eigenvalue weighted by Gasteiger charge is -2.11. The monoisotopic (exact) mass is 552 g/mol. The van der Waals surface area contributed by atoms with E-state index >= 15 is 0 Å². The number of nitrogens with zero attached hydrogens (tertiary/aromatic N) is 1. The van der Waals surface area contributed by atoms with Gasteiger partial charge in [-0.05, 0) is 61.0 Å². The predicted octanol–water partition coefficient (Wildman–Crippen LogP) is 6.37. The number of anilines is 2. The van der Waals surface area contributed by atoms with Gasteiger partial charge in [0, 0.05) is 47.4 Å². The summed E-state index contributed by atoms with van der Waals surface area (Å²) in [6.45, 7) is 6.18. The first kappa shape index (κ1) is 27.8. The van der Waals surface area contributed by atoms with Gasteiger partial charge in [-0.1, -0.05) is 31.5 Å². The van der Waals surface area contributed by atoms with Crippen molar-refractivity contribution in [2.75, 3.05) is 10.6 Å². The van der Waals surface area contributed by atoms with Gasteiger partial charge in [0.15, 0.2) is 0 Å². The number of rotatable bonds is 8. The second-order valence-electron chi connectivity index (χ2n) is 9.30. The number of hydrogen-bond acceptors (Lipinski definition) is 3. The maximum Gasteiger partial charge on any atom is 0.272 e. The van der Waals surface area contributed by atoms with E-state index in [9.17, 15) is 23.2 Å². The molecule has 3 amide bonds. The third kappa shape index (κ3) is 6.43. The Labute approximate surface area is 229 Å². The molecule has 3 aromatic carbocycles. The van der Waals surface area contributed by atoms with E-state index in [-0.39, 0.29) is 34.6 Å². The van der Waals surface area contributed by atoms with Crippen LogP contribution in [-0.4, -0.2) is 22.3 Å². The molecular formula is C29H27ClF2N4O3. The number of aryl methyl sites for hydroxylation is 1. The molecule has 3 N–H and O–H groups in total. The Hall–Kier alpha value is -4.24. The van der Waals surface area contributed by atoms with Crippen LogP contribution in [0.5, 0.6) is 0 Å². The zero-order chi connectivity index (χ0) is 28.3. The molecule has 0 atom stereocenters. The van der Waals surface area contributed by atoms with Crippen molar-refractivity contribution in [3.8, 4) is 0 Å².